The molecule has 0 atom stereocenters. The maximum absolute atomic E-state index is 13.0. The number of ether oxygens (including phenoxy) is 2. The van der Waals surface area contributed by atoms with Crippen molar-refractivity contribution in [3.05, 3.63) is 65.5 Å². The Kier molecular flexibility index (Phi) is 7.14. The van der Waals surface area contributed by atoms with Crippen LogP contribution in [-0.2, 0) is 19.1 Å². The maximum atomic E-state index is 13.0. The summed E-state index contributed by atoms with van der Waals surface area (Å²) < 4.78 is 9.72. The largest absolute Gasteiger partial charge is 0.465 e. The average Bonchev–Trinajstić information content (AvgIpc) is 2.96. The van der Waals surface area contributed by atoms with Crippen LogP contribution in [0, 0.1) is 0 Å². The van der Waals surface area contributed by atoms with Crippen molar-refractivity contribution in [2.24, 2.45) is 0 Å². The molecule has 1 aromatic rings. The molecule has 0 fully saturated rings. The van der Waals surface area contributed by atoms with E-state index in [4.69, 9.17) is 9.47 Å². The molecule has 0 aromatic heterocycles. The Morgan fingerprint density at radius 2 is 1.61 bits per heavy atom. The van der Waals surface area contributed by atoms with Crippen LogP contribution in [0.2, 0.25) is 0 Å². The van der Waals surface area contributed by atoms with E-state index in [-0.39, 0.29) is 17.2 Å². The molecule has 1 aromatic carbocycles. The van der Waals surface area contributed by atoms with Crippen LogP contribution in [0.4, 0.5) is 5.69 Å². The third-order valence-corrected chi connectivity index (χ3v) is 4.33. The second-order valence-electron chi connectivity index (χ2n) is 5.81. The smallest absolute Gasteiger partial charge is 0.355 e. The van der Waals surface area contributed by atoms with Crippen molar-refractivity contribution in [2.75, 3.05) is 32.2 Å². The lowest BCUT2D eigenvalue weighted by Crippen LogP contribution is -2.33. The molecule has 0 saturated carbocycles. The van der Waals surface area contributed by atoms with Crippen LogP contribution in [0.1, 0.15) is 24.2 Å². The zero-order chi connectivity index (χ0) is 20.7. The number of allylic oxidation sites excluding steroid dienone is 2. The van der Waals surface area contributed by atoms with Crippen LogP contribution in [0.5, 0.6) is 0 Å². The van der Waals surface area contributed by atoms with E-state index in [1.165, 1.54) is 25.2 Å². The topological polar surface area (TPSA) is 76.2 Å². The Bertz CT molecular complexity index is 850. The summed E-state index contributed by atoms with van der Waals surface area (Å²) in [6, 6.07) is 6.91. The van der Waals surface area contributed by atoms with Crippen molar-refractivity contribution < 1.29 is 23.9 Å². The van der Waals surface area contributed by atoms with Crippen molar-refractivity contribution in [1.29, 1.82) is 0 Å². The second-order valence-corrected chi connectivity index (χ2v) is 5.81. The number of para-hydroxylation sites is 1. The van der Waals surface area contributed by atoms with Crippen LogP contribution in [-0.4, -0.2) is 50.1 Å². The van der Waals surface area contributed by atoms with Gasteiger partial charge in [0.15, 0.2) is 0 Å². The summed E-state index contributed by atoms with van der Waals surface area (Å²) in [5.41, 5.74) is 0.869. The van der Waals surface area contributed by atoms with Gasteiger partial charge in [-0.3, -0.25) is 4.79 Å². The third-order valence-electron chi connectivity index (χ3n) is 4.33. The molecule has 1 aliphatic rings. The number of methoxy groups -OCH3 is 2. The summed E-state index contributed by atoms with van der Waals surface area (Å²) in [5.74, 6) is -1.57. The van der Waals surface area contributed by atoms with Crippen LogP contribution in [0.3, 0.4) is 0 Å². The van der Waals surface area contributed by atoms with Gasteiger partial charge in [-0.05, 0) is 38.1 Å². The third kappa shape index (κ3) is 4.14. The van der Waals surface area contributed by atoms with Gasteiger partial charge in [0.25, 0.3) is 5.91 Å². The van der Waals surface area contributed by atoms with Gasteiger partial charge in [-0.2, -0.15) is 0 Å². The highest BCUT2D eigenvalue weighted by Gasteiger charge is 2.30. The van der Waals surface area contributed by atoms with Gasteiger partial charge in [0, 0.05) is 19.3 Å². The molecule has 1 heterocycles. The van der Waals surface area contributed by atoms with E-state index in [1.54, 1.807) is 47.5 Å². The summed E-state index contributed by atoms with van der Waals surface area (Å²) in [4.78, 5) is 41.0. The van der Waals surface area contributed by atoms with Gasteiger partial charge in [-0.25, -0.2) is 9.59 Å². The van der Waals surface area contributed by atoms with Crippen LogP contribution >= 0.6 is 0 Å². The minimum atomic E-state index is -0.721. The summed E-state index contributed by atoms with van der Waals surface area (Å²) in [6.45, 7) is 4.90. The van der Waals surface area contributed by atoms with Crippen molar-refractivity contribution >= 4 is 23.5 Å². The van der Waals surface area contributed by atoms with E-state index in [0.717, 1.165) is 0 Å². The number of carbonyl (C=O) groups is 3. The Morgan fingerprint density at radius 3 is 2.21 bits per heavy atom. The first-order chi connectivity index (χ1) is 13.5. The van der Waals surface area contributed by atoms with Gasteiger partial charge >= 0.3 is 11.9 Å². The Balaban J connectivity index is 2.70. The highest BCUT2D eigenvalue weighted by Crippen LogP contribution is 2.30. The molecule has 0 bridgehead atoms. The van der Waals surface area contributed by atoms with Gasteiger partial charge in [0.2, 0.25) is 0 Å². The zero-order valence-electron chi connectivity index (χ0n) is 16.5. The molecule has 28 heavy (non-hydrogen) atoms. The molecule has 0 saturated heterocycles. The fourth-order valence-electron chi connectivity index (χ4n) is 2.90. The monoisotopic (exact) mass is 384 g/mol. The Hall–Kier alpha value is -3.35. The molecule has 7 nitrogen and oxygen atoms in total. The first kappa shape index (κ1) is 21.0. The molecule has 1 aliphatic heterocycles. The van der Waals surface area contributed by atoms with Crippen LogP contribution in [0.15, 0.2) is 60.0 Å². The van der Waals surface area contributed by atoms with E-state index in [2.05, 4.69) is 0 Å². The molecule has 0 unspecified atom stereocenters. The number of hydrogen-bond acceptors (Lipinski definition) is 6. The molecule has 7 heteroatoms. The zero-order valence-corrected chi connectivity index (χ0v) is 16.5. The number of hydrogen-bond donors (Lipinski definition) is 0. The number of carbonyl (C=O) groups excluding carboxylic acids is 3. The fourth-order valence-corrected chi connectivity index (χ4v) is 2.90. The van der Waals surface area contributed by atoms with Gasteiger partial charge in [0.05, 0.1) is 31.0 Å². The van der Waals surface area contributed by atoms with Crippen LogP contribution in [0.25, 0.3) is 0 Å². The van der Waals surface area contributed by atoms with Gasteiger partial charge in [-0.15, -0.1) is 0 Å². The highest BCUT2D eigenvalue weighted by molar-refractivity contribution is 6.07. The van der Waals surface area contributed by atoms with Crippen molar-refractivity contribution in [1.82, 2.24) is 4.90 Å². The number of anilines is 1. The molecule has 0 spiro atoms. The summed E-state index contributed by atoms with van der Waals surface area (Å²) >= 11 is 0. The molecular formula is C21H24N2O5. The minimum Gasteiger partial charge on any atom is -0.465 e. The Labute approximate surface area is 164 Å². The quantitative estimate of drug-likeness (QED) is 0.702. The number of amides is 1. The number of benzene rings is 1. The molecule has 2 rings (SSSR count). The van der Waals surface area contributed by atoms with Crippen LogP contribution < -0.4 is 4.90 Å². The van der Waals surface area contributed by atoms with E-state index in [1.807, 2.05) is 13.8 Å². The molecule has 0 radical (unpaired) electrons. The van der Waals surface area contributed by atoms with E-state index in [9.17, 15) is 14.4 Å². The second kappa shape index (κ2) is 9.55. The van der Waals surface area contributed by atoms with Crippen molar-refractivity contribution in [3.63, 3.8) is 0 Å². The van der Waals surface area contributed by atoms with Crippen molar-refractivity contribution in [3.8, 4) is 0 Å². The molecule has 0 N–H and O–H groups in total. The molecule has 1 amide bonds. The lowest BCUT2D eigenvalue weighted by molar-refractivity contribution is -0.139. The number of esters is 2. The number of rotatable bonds is 6. The summed E-state index contributed by atoms with van der Waals surface area (Å²) in [5, 5.41) is 0. The normalized spacial score (nSPS) is 13.2. The van der Waals surface area contributed by atoms with Crippen molar-refractivity contribution in [2.45, 2.75) is 13.8 Å². The van der Waals surface area contributed by atoms with E-state index >= 15 is 0 Å². The fraction of sp³-hybridized carbons (Fsp3) is 0.286. The Morgan fingerprint density at radius 1 is 0.964 bits per heavy atom. The number of nitrogens with zero attached hydrogens (tertiary/aromatic N) is 2. The van der Waals surface area contributed by atoms with E-state index < -0.39 is 11.9 Å². The lowest BCUT2D eigenvalue weighted by Gasteiger charge is -2.27. The summed E-state index contributed by atoms with van der Waals surface area (Å²) in [7, 11) is 2.46. The van der Waals surface area contributed by atoms with E-state index in [0.29, 0.717) is 24.3 Å². The first-order valence-electron chi connectivity index (χ1n) is 8.93. The summed E-state index contributed by atoms with van der Waals surface area (Å²) in [6.07, 6.45) is 6.36. The van der Waals surface area contributed by atoms with Gasteiger partial charge in [0.1, 0.15) is 5.70 Å². The molecule has 148 valence electrons. The SMILES string of the molecule is CCN(CC)C(=O)c1ccccc1N1C=CC=CC(C(=O)OC)=C1C(=O)OC. The predicted octanol–water partition coefficient (Wildman–Crippen LogP) is 2.66. The predicted molar refractivity (Wildman–Crippen MR) is 106 cm³/mol. The van der Waals surface area contributed by atoms with Gasteiger partial charge < -0.3 is 19.3 Å². The molecular weight excluding hydrogens is 360 g/mol. The van der Waals surface area contributed by atoms with Gasteiger partial charge in [-0.1, -0.05) is 18.2 Å². The first-order valence-corrected chi connectivity index (χ1v) is 8.93. The maximum Gasteiger partial charge on any atom is 0.355 e. The standard InChI is InChI=1S/C21H24N2O5/c1-5-22(6-2)19(24)15-11-7-8-13-17(15)23-14-10-9-12-16(20(25)27-3)18(23)21(26)28-4/h7-14H,5-6H2,1-4H3. The average molecular weight is 384 g/mol. The molecule has 0 aliphatic carbocycles. The highest BCUT2D eigenvalue weighted by atomic mass is 16.5. The lowest BCUT2D eigenvalue weighted by atomic mass is 10.1. The minimum absolute atomic E-state index is 0.0286.